The molecule has 0 N–H and O–H groups in total. The molecule has 2 aromatic rings. The van der Waals surface area contributed by atoms with Crippen molar-refractivity contribution in [3.63, 3.8) is 0 Å². The lowest BCUT2D eigenvalue weighted by Gasteiger charge is -2.27. The predicted octanol–water partition coefficient (Wildman–Crippen LogP) is 6.11. The molecular formula is C24H25F3O3. The van der Waals surface area contributed by atoms with Gasteiger partial charge in [-0.05, 0) is 37.0 Å². The van der Waals surface area contributed by atoms with Gasteiger partial charge in [0.25, 0.3) is 0 Å². The van der Waals surface area contributed by atoms with Crippen molar-refractivity contribution in [1.82, 2.24) is 0 Å². The number of ether oxygens (including phenoxy) is 3. The Hall–Kier alpha value is -2.47. The summed E-state index contributed by atoms with van der Waals surface area (Å²) in [5.41, 5.74) is 1.42. The van der Waals surface area contributed by atoms with Crippen LogP contribution < -0.4 is 9.47 Å². The van der Waals surface area contributed by atoms with Crippen LogP contribution >= 0.6 is 0 Å². The van der Waals surface area contributed by atoms with Gasteiger partial charge in [-0.2, -0.15) is 8.78 Å². The Morgan fingerprint density at radius 3 is 2.60 bits per heavy atom. The third-order valence-corrected chi connectivity index (χ3v) is 5.70. The molecule has 2 heterocycles. The smallest absolute Gasteiger partial charge is 0.207 e. The number of halogens is 3. The maximum absolute atomic E-state index is 15.0. The minimum Gasteiger partial charge on any atom is -0.490 e. The summed E-state index contributed by atoms with van der Waals surface area (Å²) in [4.78, 5) is 0. The Morgan fingerprint density at radius 1 is 1.10 bits per heavy atom. The molecule has 2 aliphatic heterocycles. The fraction of sp³-hybridized carbons (Fsp3) is 0.417. The number of fused-ring (bicyclic) bond motifs is 2. The molecule has 6 heteroatoms. The van der Waals surface area contributed by atoms with E-state index in [0.717, 1.165) is 12.8 Å². The Bertz CT molecular complexity index is 949. The second-order valence-corrected chi connectivity index (χ2v) is 7.91. The molecule has 160 valence electrons. The first kappa shape index (κ1) is 20.8. The summed E-state index contributed by atoms with van der Waals surface area (Å²) in [5.74, 6) is -2.85. The Balaban J connectivity index is 1.52. The highest BCUT2D eigenvalue weighted by atomic mass is 19.2. The van der Waals surface area contributed by atoms with Crippen LogP contribution in [0, 0.1) is 23.4 Å². The van der Waals surface area contributed by atoms with Crippen LogP contribution in [0.1, 0.15) is 42.9 Å². The van der Waals surface area contributed by atoms with Gasteiger partial charge in [-0.15, -0.1) is 6.58 Å². The third-order valence-electron chi connectivity index (χ3n) is 5.70. The molecule has 0 spiro atoms. The quantitative estimate of drug-likeness (QED) is 0.452. The summed E-state index contributed by atoms with van der Waals surface area (Å²) in [6.45, 7) is 6.46. The van der Waals surface area contributed by atoms with Gasteiger partial charge in [-0.3, -0.25) is 0 Å². The van der Waals surface area contributed by atoms with E-state index in [1.54, 1.807) is 24.3 Å². The van der Waals surface area contributed by atoms with Gasteiger partial charge in [-0.1, -0.05) is 25.5 Å². The first-order chi connectivity index (χ1) is 14.5. The van der Waals surface area contributed by atoms with E-state index in [0.29, 0.717) is 42.7 Å². The third kappa shape index (κ3) is 3.93. The molecular weight excluding hydrogens is 393 g/mol. The number of rotatable bonds is 6. The van der Waals surface area contributed by atoms with Gasteiger partial charge < -0.3 is 14.2 Å². The van der Waals surface area contributed by atoms with Gasteiger partial charge in [0.1, 0.15) is 0 Å². The van der Waals surface area contributed by atoms with Crippen LogP contribution in [0.25, 0.3) is 0 Å². The molecule has 30 heavy (non-hydrogen) atoms. The van der Waals surface area contributed by atoms with E-state index in [4.69, 9.17) is 14.2 Å². The van der Waals surface area contributed by atoms with Crippen LogP contribution in [-0.2, 0) is 17.6 Å². The summed E-state index contributed by atoms with van der Waals surface area (Å²) in [7, 11) is 0. The zero-order valence-corrected chi connectivity index (χ0v) is 17.0. The SMILES string of the molecule is C=CC1CCC(COc2ccc3c(c2F)Oc2c(cc(CCC)c(F)c2F)C3)CO1. The Kier molecular flexibility index (Phi) is 6.04. The highest BCUT2D eigenvalue weighted by Gasteiger charge is 2.29. The van der Waals surface area contributed by atoms with Gasteiger partial charge in [0, 0.05) is 23.5 Å². The van der Waals surface area contributed by atoms with Crippen LogP contribution in [0.3, 0.4) is 0 Å². The minimum atomic E-state index is -1.07. The molecule has 0 saturated carbocycles. The molecule has 2 unspecified atom stereocenters. The van der Waals surface area contributed by atoms with Crippen LogP contribution in [0.4, 0.5) is 13.2 Å². The first-order valence-electron chi connectivity index (χ1n) is 10.4. The summed E-state index contributed by atoms with van der Waals surface area (Å²) in [5, 5.41) is 0. The lowest BCUT2D eigenvalue weighted by Crippen LogP contribution is -2.28. The van der Waals surface area contributed by atoms with Crippen LogP contribution in [-0.4, -0.2) is 19.3 Å². The fourth-order valence-corrected chi connectivity index (χ4v) is 4.01. The molecule has 2 aliphatic rings. The average molecular weight is 418 g/mol. The van der Waals surface area contributed by atoms with Crippen molar-refractivity contribution in [3.8, 4) is 17.2 Å². The van der Waals surface area contributed by atoms with Gasteiger partial charge in [-0.25, -0.2) is 4.39 Å². The van der Waals surface area contributed by atoms with Gasteiger partial charge >= 0.3 is 0 Å². The van der Waals surface area contributed by atoms with E-state index in [1.807, 2.05) is 6.92 Å². The predicted molar refractivity (Wildman–Crippen MR) is 108 cm³/mol. The Labute approximate surface area is 174 Å². The normalized spacial score (nSPS) is 20.1. The zero-order chi connectivity index (χ0) is 21.3. The molecule has 2 atom stereocenters. The van der Waals surface area contributed by atoms with E-state index in [9.17, 15) is 8.78 Å². The number of hydrogen-bond donors (Lipinski definition) is 0. The highest BCUT2D eigenvalue weighted by molar-refractivity contribution is 5.54. The fourth-order valence-electron chi connectivity index (χ4n) is 4.01. The maximum atomic E-state index is 15.0. The van der Waals surface area contributed by atoms with Gasteiger partial charge in [0.15, 0.2) is 23.1 Å². The van der Waals surface area contributed by atoms with Gasteiger partial charge in [0.2, 0.25) is 11.6 Å². The van der Waals surface area contributed by atoms with E-state index in [2.05, 4.69) is 6.58 Å². The van der Waals surface area contributed by atoms with Crippen LogP contribution in [0.5, 0.6) is 17.2 Å². The van der Waals surface area contributed by atoms with Crippen molar-refractivity contribution in [2.45, 2.75) is 45.1 Å². The second kappa shape index (κ2) is 8.72. The maximum Gasteiger partial charge on any atom is 0.207 e. The molecule has 3 nitrogen and oxygen atoms in total. The topological polar surface area (TPSA) is 27.7 Å². The van der Waals surface area contributed by atoms with Crippen molar-refractivity contribution < 1.29 is 27.4 Å². The molecule has 4 rings (SSSR count). The molecule has 0 radical (unpaired) electrons. The molecule has 0 aromatic heterocycles. The van der Waals surface area contributed by atoms with E-state index >= 15 is 4.39 Å². The summed E-state index contributed by atoms with van der Waals surface area (Å²) >= 11 is 0. The minimum absolute atomic E-state index is 0.0338. The zero-order valence-electron chi connectivity index (χ0n) is 17.0. The highest BCUT2D eigenvalue weighted by Crippen LogP contribution is 2.43. The van der Waals surface area contributed by atoms with Crippen molar-refractivity contribution in [2.24, 2.45) is 5.92 Å². The van der Waals surface area contributed by atoms with E-state index in [1.165, 1.54) is 0 Å². The van der Waals surface area contributed by atoms with Crippen LogP contribution in [0.2, 0.25) is 0 Å². The number of hydrogen-bond acceptors (Lipinski definition) is 3. The lowest BCUT2D eigenvalue weighted by molar-refractivity contribution is -0.00328. The molecule has 2 aromatic carbocycles. The summed E-state index contributed by atoms with van der Waals surface area (Å²) in [6, 6.07) is 4.89. The average Bonchev–Trinajstić information content (AvgIpc) is 2.76. The van der Waals surface area contributed by atoms with Gasteiger partial charge in [0.05, 0.1) is 19.3 Å². The summed E-state index contributed by atoms with van der Waals surface area (Å²) < 4.78 is 60.8. The monoisotopic (exact) mass is 418 g/mol. The molecule has 1 saturated heterocycles. The molecule has 0 bridgehead atoms. The van der Waals surface area contributed by atoms with Crippen LogP contribution in [0.15, 0.2) is 30.9 Å². The van der Waals surface area contributed by atoms with Crippen molar-refractivity contribution in [2.75, 3.05) is 13.2 Å². The van der Waals surface area contributed by atoms with E-state index < -0.39 is 17.5 Å². The second-order valence-electron chi connectivity index (χ2n) is 7.91. The van der Waals surface area contributed by atoms with E-state index in [-0.39, 0.29) is 35.7 Å². The molecule has 1 fully saturated rings. The van der Waals surface area contributed by atoms with Crippen molar-refractivity contribution >= 4 is 0 Å². The largest absolute Gasteiger partial charge is 0.490 e. The Morgan fingerprint density at radius 2 is 1.90 bits per heavy atom. The summed E-state index contributed by atoms with van der Waals surface area (Å²) in [6.07, 6.45) is 5.00. The molecule has 0 aliphatic carbocycles. The van der Waals surface area contributed by atoms with Crippen molar-refractivity contribution in [3.05, 3.63) is 65.0 Å². The lowest BCUT2D eigenvalue weighted by atomic mass is 9.96. The first-order valence-corrected chi connectivity index (χ1v) is 10.4. The molecule has 0 amide bonds. The number of aryl methyl sites for hydroxylation is 1. The standard InChI is InChI=1S/C24H25F3O3/c1-3-5-15-10-17-11-16-7-9-19(29-13-14-6-8-18(4-2)28-12-14)21(26)23(16)30-24(17)22(27)20(15)25/h4,7,9-10,14,18H,2-3,5-6,8,11-13H2,1H3. The van der Waals surface area contributed by atoms with Crippen molar-refractivity contribution in [1.29, 1.82) is 0 Å². The number of benzene rings is 2.